The third kappa shape index (κ3) is 1.96. The lowest BCUT2D eigenvalue weighted by Gasteiger charge is -2.14. The second-order valence-corrected chi connectivity index (χ2v) is 5.22. The maximum absolute atomic E-state index is 12.3. The molecule has 3 heterocycles. The molecule has 6 nitrogen and oxygen atoms in total. The second kappa shape index (κ2) is 4.77. The van der Waals surface area contributed by atoms with Crippen molar-refractivity contribution < 1.29 is 4.79 Å². The molecule has 1 N–H and O–H groups in total. The number of nitrogens with one attached hydrogen (secondary N) is 1. The topological polar surface area (TPSA) is 74.8 Å². The van der Waals surface area contributed by atoms with Crippen molar-refractivity contribution in [3.63, 3.8) is 0 Å². The third-order valence-electron chi connectivity index (χ3n) is 3.71. The molecule has 0 atom stereocenters. The number of hydrogen-bond donors (Lipinski definition) is 1. The van der Waals surface area contributed by atoms with Gasteiger partial charge in [-0.3, -0.25) is 24.8 Å². The smallest absolute Gasteiger partial charge is 0.237 e. The van der Waals surface area contributed by atoms with Gasteiger partial charge in [0, 0.05) is 24.0 Å². The van der Waals surface area contributed by atoms with E-state index in [4.69, 9.17) is 0 Å². The Balaban J connectivity index is 1.81. The summed E-state index contributed by atoms with van der Waals surface area (Å²) in [7, 11) is 0. The quantitative estimate of drug-likeness (QED) is 0.786. The molecule has 6 heteroatoms. The van der Waals surface area contributed by atoms with Crippen LogP contribution in [0, 0.1) is 6.92 Å². The lowest BCUT2D eigenvalue weighted by Crippen LogP contribution is -2.21. The van der Waals surface area contributed by atoms with Gasteiger partial charge in [-0.15, -0.1) is 0 Å². The molecular formula is C16H13N5O. The van der Waals surface area contributed by atoms with Crippen LogP contribution in [0.25, 0.3) is 11.3 Å². The fraction of sp³-hybridized carbons (Fsp3) is 0.125. The van der Waals surface area contributed by atoms with E-state index in [1.807, 2.05) is 25.1 Å². The second-order valence-electron chi connectivity index (χ2n) is 5.22. The molecule has 0 unspecified atom stereocenters. The van der Waals surface area contributed by atoms with Crippen molar-refractivity contribution in [2.45, 2.75) is 13.3 Å². The summed E-state index contributed by atoms with van der Waals surface area (Å²) in [6, 6.07) is 7.69. The van der Waals surface area contributed by atoms with E-state index < -0.39 is 0 Å². The highest BCUT2D eigenvalue weighted by atomic mass is 16.2. The highest BCUT2D eigenvalue weighted by molar-refractivity contribution is 6.07. The molecule has 1 aliphatic rings. The van der Waals surface area contributed by atoms with Crippen molar-refractivity contribution in [3.8, 4) is 11.3 Å². The van der Waals surface area contributed by atoms with Gasteiger partial charge in [-0.1, -0.05) is 12.1 Å². The molecule has 1 amide bonds. The minimum atomic E-state index is 0.0224. The van der Waals surface area contributed by atoms with E-state index in [0.717, 1.165) is 28.2 Å². The maximum Gasteiger partial charge on any atom is 0.237 e. The Hall–Kier alpha value is -3.02. The fourth-order valence-electron chi connectivity index (χ4n) is 2.63. The van der Waals surface area contributed by atoms with Gasteiger partial charge in [-0.05, 0) is 18.6 Å². The molecule has 0 saturated heterocycles. The number of aromatic amines is 1. The molecule has 108 valence electrons. The zero-order chi connectivity index (χ0) is 15.1. The van der Waals surface area contributed by atoms with Crippen molar-refractivity contribution >= 4 is 17.4 Å². The van der Waals surface area contributed by atoms with Crippen molar-refractivity contribution in [1.29, 1.82) is 0 Å². The van der Waals surface area contributed by atoms with E-state index in [9.17, 15) is 4.79 Å². The molecule has 22 heavy (non-hydrogen) atoms. The number of hydrogen-bond acceptors (Lipinski definition) is 4. The van der Waals surface area contributed by atoms with Crippen molar-refractivity contribution in [1.82, 2.24) is 20.2 Å². The van der Waals surface area contributed by atoms with E-state index in [0.29, 0.717) is 12.2 Å². The first-order valence-electron chi connectivity index (χ1n) is 6.97. The van der Waals surface area contributed by atoms with Crippen LogP contribution >= 0.6 is 0 Å². The van der Waals surface area contributed by atoms with Crippen LogP contribution in [0.4, 0.5) is 11.5 Å². The molecule has 0 spiro atoms. The largest absolute Gasteiger partial charge is 0.284 e. The zero-order valence-electron chi connectivity index (χ0n) is 11.9. The average molecular weight is 291 g/mol. The van der Waals surface area contributed by atoms with Crippen LogP contribution in [0.15, 0.2) is 42.9 Å². The van der Waals surface area contributed by atoms with Crippen LogP contribution in [-0.2, 0) is 11.2 Å². The standard InChI is InChI=1S/C16H13N5O/c1-10-8-18-13(9-17-10)11-2-3-12-7-16(22)21(14(12)6-11)15-4-5-19-20-15/h2-6,8-9H,7H2,1H3,(H,19,20). The van der Waals surface area contributed by atoms with Crippen molar-refractivity contribution in [2.24, 2.45) is 0 Å². The highest BCUT2D eigenvalue weighted by Gasteiger charge is 2.30. The van der Waals surface area contributed by atoms with Gasteiger partial charge in [0.05, 0.1) is 29.7 Å². The van der Waals surface area contributed by atoms with Gasteiger partial charge in [0.2, 0.25) is 5.91 Å². The number of carbonyl (C=O) groups is 1. The summed E-state index contributed by atoms with van der Waals surface area (Å²) in [5.41, 5.74) is 4.45. The van der Waals surface area contributed by atoms with Crippen LogP contribution in [0.1, 0.15) is 11.3 Å². The normalized spacial score (nSPS) is 13.5. The number of amides is 1. The number of carbonyl (C=O) groups excluding carboxylic acids is 1. The Morgan fingerprint density at radius 3 is 2.82 bits per heavy atom. The van der Waals surface area contributed by atoms with Gasteiger partial charge in [-0.25, -0.2) is 0 Å². The van der Waals surface area contributed by atoms with E-state index in [1.165, 1.54) is 0 Å². The lowest BCUT2D eigenvalue weighted by atomic mass is 10.1. The molecule has 0 aliphatic carbocycles. The first kappa shape index (κ1) is 12.7. The summed E-state index contributed by atoms with van der Waals surface area (Å²) in [4.78, 5) is 22.6. The van der Waals surface area contributed by atoms with Crippen LogP contribution in [0.2, 0.25) is 0 Å². The Bertz CT molecular complexity index is 839. The van der Waals surface area contributed by atoms with Crippen LogP contribution in [0.5, 0.6) is 0 Å². The SMILES string of the molecule is Cc1cnc(-c2ccc3c(c2)N(c2cc[nH]n2)C(=O)C3)cn1. The number of fused-ring (bicyclic) bond motifs is 1. The first-order chi connectivity index (χ1) is 10.7. The number of rotatable bonds is 2. The number of benzene rings is 1. The first-order valence-corrected chi connectivity index (χ1v) is 6.97. The van der Waals surface area contributed by atoms with Gasteiger partial charge < -0.3 is 0 Å². The van der Waals surface area contributed by atoms with Crippen LogP contribution in [-0.4, -0.2) is 26.1 Å². The van der Waals surface area contributed by atoms with Gasteiger partial charge >= 0.3 is 0 Å². The van der Waals surface area contributed by atoms with E-state index in [1.54, 1.807) is 29.6 Å². The van der Waals surface area contributed by atoms with E-state index in [2.05, 4.69) is 20.2 Å². The Labute approximate surface area is 126 Å². The molecule has 0 bridgehead atoms. The molecule has 1 aliphatic heterocycles. The molecule has 3 aromatic rings. The molecule has 1 aromatic carbocycles. The number of aryl methyl sites for hydroxylation is 1. The summed E-state index contributed by atoms with van der Waals surface area (Å²) in [6.45, 7) is 1.90. The number of aromatic nitrogens is 4. The predicted molar refractivity (Wildman–Crippen MR) is 81.6 cm³/mol. The van der Waals surface area contributed by atoms with Crippen molar-refractivity contribution in [2.75, 3.05) is 4.90 Å². The zero-order valence-corrected chi connectivity index (χ0v) is 11.9. The molecule has 4 rings (SSSR count). The van der Waals surface area contributed by atoms with Gasteiger partial charge in [-0.2, -0.15) is 5.10 Å². The molecule has 2 aromatic heterocycles. The number of nitrogens with zero attached hydrogens (tertiary/aromatic N) is 4. The summed E-state index contributed by atoms with van der Waals surface area (Å²) in [6.07, 6.45) is 5.57. The summed E-state index contributed by atoms with van der Waals surface area (Å²) < 4.78 is 0. The Morgan fingerprint density at radius 2 is 2.09 bits per heavy atom. The van der Waals surface area contributed by atoms with Gasteiger partial charge in [0.1, 0.15) is 0 Å². The minimum Gasteiger partial charge on any atom is -0.284 e. The van der Waals surface area contributed by atoms with Crippen LogP contribution in [0.3, 0.4) is 0 Å². The van der Waals surface area contributed by atoms with E-state index in [-0.39, 0.29) is 5.91 Å². The van der Waals surface area contributed by atoms with Gasteiger partial charge in [0.15, 0.2) is 5.82 Å². The highest BCUT2D eigenvalue weighted by Crippen LogP contribution is 2.36. The summed E-state index contributed by atoms with van der Waals surface area (Å²) in [5.74, 6) is 0.630. The third-order valence-corrected chi connectivity index (χ3v) is 3.71. The molecule has 0 fully saturated rings. The van der Waals surface area contributed by atoms with Crippen LogP contribution < -0.4 is 4.90 Å². The Morgan fingerprint density at radius 1 is 1.18 bits per heavy atom. The van der Waals surface area contributed by atoms with E-state index >= 15 is 0 Å². The predicted octanol–water partition coefficient (Wildman–Crippen LogP) is 2.40. The minimum absolute atomic E-state index is 0.0224. The molecular weight excluding hydrogens is 278 g/mol. The maximum atomic E-state index is 12.3. The Kier molecular flexibility index (Phi) is 2.75. The average Bonchev–Trinajstić information content (AvgIpc) is 3.13. The van der Waals surface area contributed by atoms with Gasteiger partial charge in [0.25, 0.3) is 0 Å². The molecule has 0 saturated carbocycles. The lowest BCUT2D eigenvalue weighted by molar-refractivity contribution is -0.116. The molecule has 0 radical (unpaired) electrons. The summed E-state index contributed by atoms with van der Waals surface area (Å²) in [5, 5.41) is 6.86. The number of H-pyrrole nitrogens is 1. The number of anilines is 2. The summed E-state index contributed by atoms with van der Waals surface area (Å²) >= 11 is 0. The van der Waals surface area contributed by atoms with Crippen molar-refractivity contribution in [3.05, 3.63) is 54.1 Å². The monoisotopic (exact) mass is 291 g/mol. The fourth-order valence-corrected chi connectivity index (χ4v) is 2.63.